The summed E-state index contributed by atoms with van der Waals surface area (Å²) in [7, 11) is 0. The molecular weight excluding hydrogens is 998 g/mol. The van der Waals surface area contributed by atoms with Crippen LogP contribution in [0.5, 0.6) is 0 Å². The van der Waals surface area contributed by atoms with E-state index in [2.05, 4.69) is 15.6 Å². The first kappa shape index (κ1) is 55.4. The molecule has 3 aliphatic heterocycles. The number of unbranched alkanes of at least 4 members (excludes halogenated alkanes) is 1. The number of thiazole rings is 1. The van der Waals surface area contributed by atoms with Gasteiger partial charge in [0.05, 0.1) is 51.2 Å². The van der Waals surface area contributed by atoms with Crippen LogP contribution >= 0.6 is 23.6 Å². The largest absolute Gasteiger partial charge is 0.417 e. The number of ether oxygens (including phenoxy) is 2. The van der Waals surface area contributed by atoms with Gasteiger partial charge in [-0.15, -0.1) is 11.3 Å². The molecule has 5 amide bonds. The fraction of sp³-hybridized carbons (Fsp3) is 0.472. The number of β-amino-alcohol motifs (C(OH)–C–C–N with tert-alkyl or cyclic N) is 1. The molecule has 7 rings (SSSR count). The summed E-state index contributed by atoms with van der Waals surface area (Å²) in [6.45, 7) is 12.2. The van der Waals surface area contributed by atoms with Gasteiger partial charge < -0.3 is 39.9 Å². The van der Waals surface area contributed by atoms with Crippen LogP contribution in [0.15, 0.2) is 72.2 Å². The van der Waals surface area contributed by atoms with Crippen LogP contribution in [0.3, 0.4) is 0 Å². The van der Waals surface area contributed by atoms with E-state index in [0.717, 1.165) is 38.7 Å². The molecule has 21 heteroatoms. The SMILES string of the molecule is Cc1ncsc1-c1ccc(CNC(=O)[C@@H]2C[C@@H](O)CN2C(=O)C(NC(=O)COCCCCOC2CCN(C(=O)c3ccc(N4C(=S)N(c5ccc(C#N)c(C(F)(F)F)c5)C(=O)C4(C)C)cc3)CC2)C(C)(C)C)cc1. The highest BCUT2D eigenvalue weighted by Crippen LogP contribution is 2.40. The third-order valence-electron chi connectivity index (χ3n) is 13.4. The van der Waals surface area contributed by atoms with Crippen molar-refractivity contribution in [3.63, 3.8) is 0 Å². The normalized spacial score (nSPS) is 18.7. The Hall–Kier alpha value is -6.31. The number of aromatic nitrogens is 1. The summed E-state index contributed by atoms with van der Waals surface area (Å²) in [5.41, 5.74) is 1.66. The first-order chi connectivity index (χ1) is 35.0. The predicted molar refractivity (Wildman–Crippen MR) is 276 cm³/mol. The number of amides is 5. The summed E-state index contributed by atoms with van der Waals surface area (Å²) in [4.78, 5) is 78.7. The number of likely N-dealkylation sites (tertiary alicyclic amines) is 2. The quantitative estimate of drug-likeness (QED) is 0.0715. The van der Waals surface area contributed by atoms with Crippen molar-refractivity contribution in [2.24, 2.45) is 5.41 Å². The second kappa shape index (κ2) is 23.1. The average molecular weight is 1060 g/mol. The molecule has 3 saturated heterocycles. The van der Waals surface area contributed by atoms with Gasteiger partial charge in [-0.3, -0.25) is 28.9 Å². The number of aryl methyl sites for hydroxylation is 1. The molecule has 394 valence electrons. The maximum atomic E-state index is 14.0. The molecule has 3 aromatic carbocycles. The van der Waals surface area contributed by atoms with E-state index in [-0.39, 0.29) is 55.5 Å². The van der Waals surface area contributed by atoms with Gasteiger partial charge in [-0.1, -0.05) is 45.0 Å². The van der Waals surface area contributed by atoms with Gasteiger partial charge in [0.1, 0.15) is 24.2 Å². The summed E-state index contributed by atoms with van der Waals surface area (Å²) in [5.74, 6) is -2.08. The highest BCUT2D eigenvalue weighted by atomic mass is 32.1. The third-order valence-corrected chi connectivity index (χ3v) is 14.8. The summed E-state index contributed by atoms with van der Waals surface area (Å²) < 4.78 is 53.1. The number of benzene rings is 3. The molecule has 16 nitrogen and oxygen atoms in total. The fourth-order valence-corrected chi connectivity index (χ4v) is 10.7. The van der Waals surface area contributed by atoms with Crippen LogP contribution in [-0.2, 0) is 41.4 Å². The van der Waals surface area contributed by atoms with Crippen LogP contribution in [0, 0.1) is 23.7 Å². The maximum Gasteiger partial charge on any atom is 0.417 e. The number of nitriles is 1. The van der Waals surface area contributed by atoms with E-state index in [0.29, 0.717) is 56.6 Å². The Kier molecular flexibility index (Phi) is 17.3. The molecule has 0 saturated carbocycles. The van der Waals surface area contributed by atoms with Crippen LogP contribution in [0.4, 0.5) is 24.5 Å². The number of nitrogens with one attached hydrogen (secondary N) is 2. The molecule has 4 aromatic rings. The van der Waals surface area contributed by atoms with Crippen LogP contribution in [0.2, 0.25) is 0 Å². The molecule has 3 atom stereocenters. The zero-order chi connectivity index (χ0) is 53.7. The molecule has 1 aromatic heterocycles. The number of piperidine rings is 1. The molecule has 3 N–H and O–H groups in total. The highest BCUT2D eigenvalue weighted by Gasteiger charge is 2.51. The van der Waals surface area contributed by atoms with E-state index in [1.54, 1.807) is 59.9 Å². The molecular formula is C53H61F3N8O8S2. The topological polar surface area (TPSA) is 198 Å². The lowest BCUT2D eigenvalue weighted by molar-refractivity contribution is -0.144. The highest BCUT2D eigenvalue weighted by molar-refractivity contribution is 7.81. The molecule has 0 spiro atoms. The number of halogens is 3. The third kappa shape index (κ3) is 12.6. The number of hydrogen-bond acceptors (Lipinski definition) is 12. The standard InChI is InChI=1S/C53H61F3N8O8S2/c1-32-44(74-31-59-32)34-11-9-33(10-12-34)28-58-46(67)42-26-39(65)29-62(42)48(69)45(51(2,3)4)60-43(66)30-71-23-7-8-24-72-40-19-21-61(22-20-40)47(68)35-13-16-37(17-14-35)64-50(73)63(49(70)52(64,5)6)38-18-15-36(27-57)41(25-38)53(54,55)56/h9-18,25,31,39-40,42,45,65H,7-8,19-24,26,28-30H2,1-6H3,(H,58,67)(H,60,66)/t39-,42+,45?/m1/s1. The van der Waals surface area contributed by atoms with E-state index < -0.39 is 70.1 Å². The van der Waals surface area contributed by atoms with Crippen LogP contribution in [0.1, 0.15) is 99.5 Å². The number of alkyl halides is 3. The van der Waals surface area contributed by atoms with Gasteiger partial charge in [-0.25, -0.2) is 4.98 Å². The number of hydrogen-bond donors (Lipinski definition) is 3. The Balaban J connectivity index is 0.807. The first-order valence-corrected chi connectivity index (χ1v) is 25.7. The van der Waals surface area contributed by atoms with Gasteiger partial charge in [0.25, 0.3) is 11.8 Å². The lowest BCUT2D eigenvalue weighted by Gasteiger charge is -2.35. The molecule has 3 aliphatic rings. The number of nitrogens with zero attached hydrogens (tertiary/aromatic N) is 6. The Morgan fingerprint density at radius 1 is 0.986 bits per heavy atom. The van der Waals surface area contributed by atoms with Gasteiger partial charge in [0.2, 0.25) is 17.7 Å². The van der Waals surface area contributed by atoms with Crippen molar-refractivity contribution < 1.29 is 51.7 Å². The van der Waals surface area contributed by atoms with Crippen molar-refractivity contribution in [3.05, 3.63) is 100 Å². The fourth-order valence-electron chi connectivity index (χ4n) is 9.32. The van der Waals surface area contributed by atoms with Gasteiger partial charge in [-0.2, -0.15) is 18.4 Å². The van der Waals surface area contributed by atoms with Crippen molar-refractivity contribution >= 4 is 69.6 Å². The summed E-state index contributed by atoms with van der Waals surface area (Å²) >= 11 is 7.20. The number of rotatable bonds is 17. The number of thiocarbonyl (C=S) groups is 1. The second-order valence-electron chi connectivity index (χ2n) is 20.3. The van der Waals surface area contributed by atoms with Crippen molar-refractivity contribution in [1.82, 2.24) is 25.4 Å². The van der Waals surface area contributed by atoms with Crippen LogP contribution in [0.25, 0.3) is 10.4 Å². The van der Waals surface area contributed by atoms with E-state index in [1.165, 1.54) is 21.9 Å². The zero-order valence-electron chi connectivity index (χ0n) is 42.2. The summed E-state index contributed by atoms with van der Waals surface area (Å²) in [5, 5.41) is 25.5. The van der Waals surface area contributed by atoms with Crippen molar-refractivity contribution in [3.8, 4) is 16.5 Å². The minimum Gasteiger partial charge on any atom is -0.391 e. The molecule has 1 unspecified atom stereocenters. The summed E-state index contributed by atoms with van der Waals surface area (Å²) in [6, 6.07) is 17.0. The summed E-state index contributed by atoms with van der Waals surface area (Å²) in [6.07, 6.45) is -3.18. The molecule has 0 bridgehead atoms. The minimum absolute atomic E-state index is 0.0385. The lowest BCUT2D eigenvalue weighted by atomic mass is 9.85. The minimum atomic E-state index is -4.83. The Bertz CT molecular complexity index is 2770. The maximum absolute atomic E-state index is 14.0. The number of carbonyl (C=O) groups excluding carboxylic acids is 5. The Labute approximate surface area is 437 Å². The van der Waals surface area contributed by atoms with Crippen molar-refractivity contribution in [1.29, 1.82) is 5.26 Å². The number of carbonyl (C=O) groups is 5. The zero-order valence-corrected chi connectivity index (χ0v) is 43.8. The Morgan fingerprint density at radius 2 is 1.65 bits per heavy atom. The first-order valence-electron chi connectivity index (χ1n) is 24.4. The van der Waals surface area contributed by atoms with E-state index in [9.17, 15) is 47.5 Å². The number of aliphatic hydroxyl groups is 1. The molecule has 3 fully saturated rings. The Morgan fingerprint density at radius 3 is 2.27 bits per heavy atom. The average Bonchev–Trinajstić information content (AvgIpc) is 4.03. The van der Waals surface area contributed by atoms with Gasteiger partial charge >= 0.3 is 6.18 Å². The van der Waals surface area contributed by atoms with Crippen molar-refractivity contribution in [2.75, 3.05) is 49.3 Å². The number of anilines is 2. The molecule has 0 radical (unpaired) electrons. The van der Waals surface area contributed by atoms with E-state index >= 15 is 0 Å². The smallest absolute Gasteiger partial charge is 0.391 e. The van der Waals surface area contributed by atoms with Gasteiger partial charge in [0, 0.05) is 57.1 Å². The monoisotopic (exact) mass is 1060 g/mol. The van der Waals surface area contributed by atoms with Crippen LogP contribution < -0.4 is 20.4 Å². The van der Waals surface area contributed by atoms with E-state index in [1.807, 2.05) is 52.0 Å². The predicted octanol–water partition coefficient (Wildman–Crippen LogP) is 7.15. The molecule has 4 heterocycles. The van der Waals surface area contributed by atoms with Crippen LogP contribution in [-0.4, -0.2) is 124 Å². The van der Waals surface area contributed by atoms with E-state index in [4.69, 9.17) is 21.7 Å². The molecule has 0 aliphatic carbocycles. The number of aliphatic hydroxyl groups excluding tert-OH is 1. The molecule has 74 heavy (non-hydrogen) atoms. The lowest BCUT2D eigenvalue weighted by Crippen LogP contribution is -2.58. The van der Waals surface area contributed by atoms with Crippen molar-refractivity contribution in [2.45, 2.75) is 116 Å². The second-order valence-corrected chi connectivity index (χ2v) is 21.5. The van der Waals surface area contributed by atoms with Gasteiger partial charge in [-0.05, 0) is 118 Å². The van der Waals surface area contributed by atoms with Gasteiger partial charge in [0.15, 0.2) is 5.11 Å².